The molecule has 0 aromatic heterocycles. The van der Waals surface area contributed by atoms with Crippen LogP contribution in [0, 0.1) is 0 Å². The van der Waals surface area contributed by atoms with E-state index in [1.54, 1.807) is 0 Å². The Morgan fingerprint density at radius 3 is 2.76 bits per heavy atom. The first-order valence-corrected chi connectivity index (χ1v) is 8.60. The van der Waals surface area contributed by atoms with Crippen molar-refractivity contribution in [3.05, 3.63) is 0 Å². The molecule has 2 saturated heterocycles. The van der Waals surface area contributed by atoms with Gasteiger partial charge in [-0.2, -0.15) is 0 Å². The number of rotatable bonds is 5. The molecule has 0 spiro atoms. The van der Waals surface area contributed by atoms with Gasteiger partial charge in [-0.25, -0.2) is 0 Å². The minimum Gasteiger partial charge on any atom is -0.368 e. The maximum Gasteiger partial charge on any atom is 0.251 e. The predicted molar refractivity (Wildman–Crippen MR) is 84.1 cm³/mol. The molecule has 0 aromatic carbocycles. The largest absolute Gasteiger partial charge is 0.368 e. The summed E-state index contributed by atoms with van der Waals surface area (Å²) in [5.74, 6) is 0.212. The fraction of sp³-hybridized carbons (Fsp3) is 0.938. The van der Waals surface area contributed by atoms with E-state index in [1.807, 2.05) is 4.90 Å². The van der Waals surface area contributed by atoms with E-state index < -0.39 is 0 Å². The summed E-state index contributed by atoms with van der Waals surface area (Å²) in [5.41, 5.74) is 5.72. The lowest BCUT2D eigenvalue weighted by Crippen LogP contribution is -2.44. The van der Waals surface area contributed by atoms with Crippen molar-refractivity contribution in [1.82, 2.24) is 9.80 Å². The molecule has 2 rings (SSSR count). The van der Waals surface area contributed by atoms with Crippen LogP contribution in [0.2, 0.25) is 0 Å². The summed E-state index contributed by atoms with van der Waals surface area (Å²) in [5, 5.41) is 0. The van der Waals surface area contributed by atoms with Gasteiger partial charge in [0.25, 0.3) is 5.91 Å². The second-order valence-corrected chi connectivity index (χ2v) is 6.21. The van der Waals surface area contributed by atoms with Crippen molar-refractivity contribution in [2.45, 2.75) is 57.6 Å². The minimum atomic E-state index is -0.184. The van der Waals surface area contributed by atoms with E-state index >= 15 is 0 Å². The van der Waals surface area contributed by atoms with Gasteiger partial charge < -0.3 is 15.4 Å². The Kier molecular flexibility index (Phi) is 6.93. The molecule has 2 fully saturated rings. The normalized spacial score (nSPS) is 26.4. The van der Waals surface area contributed by atoms with E-state index in [-0.39, 0.29) is 12.0 Å². The average molecular weight is 297 g/mol. The van der Waals surface area contributed by atoms with Gasteiger partial charge in [0.1, 0.15) is 6.10 Å². The van der Waals surface area contributed by atoms with Crippen LogP contribution in [0.3, 0.4) is 0 Å². The zero-order valence-corrected chi connectivity index (χ0v) is 13.4. The van der Waals surface area contributed by atoms with Crippen LogP contribution >= 0.6 is 0 Å². The molecule has 2 aliphatic heterocycles. The third kappa shape index (κ3) is 4.66. The number of nitrogens with two attached hydrogens (primary N) is 1. The van der Waals surface area contributed by atoms with Crippen molar-refractivity contribution in [2.75, 3.05) is 39.3 Å². The molecule has 5 heteroatoms. The van der Waals surface area contributed by atoms with E-state index in [2.05, 4.69) is 11.8 Å². The van der Waals surface area contributed by atoms with E-state index in [4.69, 9.17) is 10.5 Å². The molecule has 2 N–H and O–H groups in total. The van der Waals surface area contributed by atoms with Crippen LogP contribution in [0.4, 0.5) is 0 Å². The Labute approximate surface area is 128 Å². The van der Waals surface area contributed by atoms with Gasteiger partial charge in [0.15, 0.2) is 0 Å². The number of hydrogen-bond acceptors (Lipinski definition) is 4. The first kappa shape index (κ1) is 16.7. The van der Waals surface area contributed by atoms with Crippen molar-refractivity contribution in [3.63, 3.8) is 0 Å². The summed E-state index contributed by atoms with van der Waals surface area (Å²) < 4.78 is 5.65. The fourth-order valence-corrected chi connectivity index (χ4v) is 3.50. The minimum absolute atomic E-state index is 0.184. The lowest BCUT2D eigenvalue weighted by Gasteiger charge is -2.30. The van der Waals surface area contributed by atoms with Gasteiger partial charge in [-0.1, -0.05) is 6.92 Å². The Morgan fingerprint density at radius 2 is 2.10 bits per heavy atom. The van der Waals surface area contributed by atoms with Gasteiger partial charge in [-0.3, -0.25) is 9.69 Å². The number of hydrogen-bond donors (Lipinski definition) is 1. The van der Waals surface area contributed by atoms with E-state index in [0.717, 1.165) is 77.9 Å². The zero-order chi connectivity index (χ0) is 15.1. The molecule has 2 unspecified atom stereocenters. The van der Waals surface area contributed by atoms with Crippen LogP contribution in [0.5, 0.6) is 0 Å². The SMILES string of the molecule is CCC(CCN)N1CCCN(C(=O)C2CCCCO2)CC1. The Balaban J connectivity index is 1.86. The lowest BCUT2D eigenvalue weighted by molar-refractivity contribution is -0.146. The summed E-state index contributed by atoms with van der Waals surface area (Å²) in [6, 6.07) is 0.566. The van der Waals surface area contributed by atoms with Gasteiger partial charge in [0, 0.05) is 38.8 Å². The third-order valence-electron chi connectivity index (χ3n) is 4.78. The summed E-state index contributed by atoms with van der Waals surface area (Å²) in [4.78, 5) is 17.1. The summed E-state index contributed by atoms with van der Waals surface area (Å²) >= 11 is 0. The Bertz CT molecular complexity index is 319. The molecule has 0 aliphatic carbocycles. The Hall–Kier alpha value is -0.650. The first-order valence-electron chi connectivity index (χ1n) is 8.60. The smallest absolute Gasteiger partial charge is 0.251 e. The number of carbonyl (C=O) groups excluding carboxylic acids is 1. The Morgan fingerprint density at radius 1 is 1.24 bits per heavy atom. The van der Waals surface area contributed by atoms with Crippen molar-refractivity contribution in [2.24, 2.45) is 5.73 Å². The van der Waals surface area contributed by atoms with Crippen LogP contribution in [0.1, 0.15) is 45.4 Å². The van der Waals surface area contributed by atoms with Crippen molar-refractivity contribution in [3.8, 4) is 0 Å². The maximum atomic E-state index is 12.5. The lowest BCUT2D eigenvalue weighted by atomic mass is 10.1. The number of amides is 1. The maximum absolute atomic E-state index is 12.5. The molecule has 0 radical (unpaired) electrons. The molecule has 2 heterocycles. The molecule has 5 nitrogen and oxygen atoms in total. The topological polar surface area (TPSA) is 58.8 Å². The van der Waals surface area contributed by atoms with Crippen LogP contribution in [0.15, 0.2) is 0 Å². The molecule has 1 amide bonds. The monoisotopic (exact) mass is 297 g/mol. The molecule has 0 aromatic rings. The van der Waals surface area contributed by atoms with Crippen LogP contribution in [-0.4, -0.2) is 67.2 Å². The van der Waals surface area contributed by atoms with Crippen LogP contribution in [0.25, 0.3) is 0 Å². The van der Waals surface area contributed by atoms with E-state index in [9.17, 15) is 4.79 Å². The molecular weight excluding hydrogens is 266 g/mol. The molecular formula is C16H31N3O2. The highest BCUT2D eigenvalue weighted by Crippen LogP contribution is 2.17. The van der Waals surface area contributed by atoms with Gasteiger partial charge in [0.05, 0.1) is 0 Å². The summed E-state index contributed by atoms with van der Waals surface area (Å²) in [6.45, 7) is 7.46. The van der Waals surface area contributed by atoms with Gasteiger partial charge >= 0.3 is 0 Å². The van der Waals surface area contributed by atoms with Crippen LogP contribution < -0.4 is 5.73 Å². The van der Waals surface area contributed by atoms with Gasteiger partial charge in [-0.15, -0.1) is 0 Å². The van der Waals surface area contributed by atoms with E-state index in [0.29, 0.717) is 6.04 Å². The first-order chi connectivity index (χ1) is 10.3. The fourth-order valence-electron chi connectivity index (χ4n) is 3.50. The van der Waals surface area contributed by atoms with Gasteiger partial charge in [0.2, 0.25) is 0 Å². The highest BCUT2D eigenvalue weighted by molar-refractivity contribution is 5.81. The van der Waals surface area contributed by atoms with Gasteiger partial charge in [-0.05, 0) is 45.1 Å². The summed E-state index contributed by atoms with van der Waals surface area (Å²) in [6.07, 6.45) is 6.16. The molecule has 0 bridgehead atoms. The molecule has 122 valence electrons. The molecule has 2 atom stereocenters. The van der Waals surface area contributed by atoms with Crippen molar-refractivity contribution >= 4 is 5.91 Å². The van der Waals surface area contributed by atoms with Crippen LogP contribution in [-0.2, 0) is 9.53 Å². The predicted octanol–water partition coefficient (Wildman–Crippen LogP) is 1.22. The second kappa shape index (κ2) is 8.71. The molecule has 2 aliphatic rings. The quantitative estimate of drug-likeness (QED) is 0.829. The second-order valence-electron chi connectivity index (χ2n) is 6.21. The molecule has 0 saturated carbocycles. The highest BCUT2D eigenvalue weighted by atomic mass is 16.5. The highest BCUT2D eigenvalue weighted by Gasteiger charge is 2.29. The van der Waals surface area contributed by atoms with Crippen molar-refractivity contribution in [1.29, 1.82) is 0 Å². The number of ether oxygens (including phenoxy) is 1. The summed E-state index contributed by atoms with van der Waals surface area (Å²) in [7, 11) is 0. The average Bonchev–Trinajstić information content (AvgIpc) is 2.78. The molecule has 21 heavy (non-hydrogen) atoms. The third-order valence-corrected chi connectivity index (χ3v) is 4.78. The number of nitrogens with zero attached hydrogens (tertiary/aromatic N) is 2. The zero-order valence-electron chi connectivity index (χ0n) is 13.4. The van der Waals surface area contributed by atoms with E-state index in [1.165, 1.54) is 0 Å². The number of carbonyl (C=O) groups is 1. The standard InChI is InChI=1S/C16H31N3O2/c1-2-14(7-8-17)18-9-5-10-19(12-11-18)16(20)15-6-3-4-13-21-15/h14-15H,2-13,17H2,1H3. The van der Waals surface area contributed by atoms with Crippen molar-refractivity contribution < 1.29 is 9.53 Å².